The standard InChI is InChI=1S/C23H27N3O3S/c1-17-4-8-20(9-5-17)23-24-22(19(3)29-23)16-25-12-14-26(15-13-25)30(27,28)21-10-6-18(2)7-11-21/h4-11H,12-16H2,1-3H3. The fourth-order valence-corrected chi connectivity index (χ4v) is 5.02. The number of hydrogen-bond acceptors (Lipinski definition) is 5. The number of nitrogens with zero attached hydrogens (tertiary/aromatic N) is 3. The molecule has 4 rings (SSSR count). The molecule has 2 aromatic carbocycles. The first-order chi connectivity index (χ1) is 14.3. The van der Waals surface area contributed by atoms with Crippen LogP contribution in [-0.4, -0.2) is 48.8 Å². The lowest BCUT2D eigenvalue weighted by Crippen LogP contribution is -2.48. The van der Waals surface area contributed by atoms with E-state index >= 15 is 0 Å². The van der Waals surface area contributed by atoms with Gasteiger partial charge in [-0.15, -0.1) is 0 Å². The molecule has 6 nitrogen and oxygen atoms in total. The molecule has 1 aliphatic rings. The number of hydrogen-bond donors (Lipinski definition) is 0. The van der Waals surface area contributed by atoms with E-state index in [0.717, 1.165) is 22.6 Å². The number of piperazine rings is 1. The van der Waals surface area contributed by atoms with Crippen LogP contribution in [0.2, 0.25) is 0 Å². The molecule has 0 unspecified atom stereocenters. The fraction of sp³-hybridized carbons (Fsp3) is 0.348. The van der Waals surface area contributed by atoms with Crippen molar-refractivity contribution < 1.29 is 12.8 Å². The molecule has 7 heteroatoms. The second-order valence-corrected chi connectivity index (χ2v) is 9.82. The van der Waals surface area contributed by atoms with Crippen molar-refractivity contribution in [2.75, 3.05) is 26.2 Å². The third-order valence-corrected chi connectivity index (χ3v) is 7.47. The molecule has 0 aliphatic carbocycles. The van der Waals surface area contributed by atoms with Crippen molar-refractivity contribution in [1.29, 1.82) is 0 Å². The zero-order chi connectivity index (χ0) is 21.3. The molecule has 0 N–H and O–H groups in total. The van der Waals surface area contributed by atoms with E-state index in [4.69, 9.17) is 4.42 Å². The van der Waals surface area contributed by atoms with Crippen LogP contribution in [0.15, 0.2) is 57.8 Å². The highest BCUT2D eigenvalue weighted by atomic mass is 32.2. The van der Waals surface area contributed by atoms with E-state index in [1.54, 1.807) is 16.4 Å². The van der Waals surface area contributed by atoms with E-state index in [1.807, 2.05) is 50.2 Å². The second kappa shape index (κ2) is 8.34. The maximum Gasteiger partial charge on any atom is 0.243 e. The van der Waals surface area contributed by atoms with Gasteiger partial charge in [0.2, 0.25) is 15.9 Å². The average molecular weight is 426 g/mol. The van der Waals surface area contributed by atoms with Gasteiger partial charge < -0.3 is 4.42 Å². The third-order valence-electron chi connectivity index (χ3n) is 5.55. The van der Waals surface area contributed by atoms with Gasteiger partial charge in [-0.3, -0.25) is 4.90 Å². The molecule has 0 atom stereocenters. The Morgan fingerprint density at radius 1 is 0.867 bits per heavy atom. The largest absolute Gasteiger partial charge is 0.441 e. The Morgan fingerprint density at radius 2 is 1.43 bits per heavy atom. The summed E-state index contributed by atoms with van der Waals surface area (Å²) in [4.78, 5) is 7.27. The van der Waals surface area contributed by atoms with E-state index < -0.39 is 10.0 Å². The Morgan fingerprint density at radius 3 is 2.03 bits per heavy atom. The first-order valence-electron chi connectivity index (χ1n) is 10.2. The monoisotopic (exact) mass is 425 g/mol. The van der Waals surface area contributed by atoms with Gasteiger partial charge in [-0.25, -0.2) is 13.4 Å². The van der Waals surface area contributed by atoms with Crippen LogP contribution in [-0.2, 0) is 16.6 Å². The van der Waals surface area contributed by atoms with Crippen molar-refractivity contribution in [1.82, 2.24) is 14.2 Å². The topological polar surface area (TPSA) is 66.7 Å². The molecule has 0 radical (unpaired) electrons. The van der Waals surface area contributed by atoms with E-state index in [2.05, 4.69) is 16.8 Å². The highest BCUT2D eigenvalue weighted by molar-refractivity contribution is 7.89. The van der Waals surface area contributed by atoms with Crippen molar-refractivity contribution in [2.24, 2.45) is 0 Å². The normalized spacial score (nSPS) is 16.1. The number of benzene rings is 2. The highest BCUT2D eigenvalue weighted by Crippen LogP contribution is 2.24. The maximum atomic E-state index is 12.9. The lowest BCUT2D eigenvalue weighted by atomic mass is 10.1. The number of sulfonamides is 1. The smallest absolute Gasteiger partial charge is 0.243 e. The molecule has 2 heterocycles. The highest BCUT2D eigenvalue weighted by Gasteiger charge is 2.29. The van der Waals surface area contributed by atoms with Gasteiger partial charge in [-0.2, -0.15) is 4.31 Å². The lowest BCUT2D eigenvalue weighted by Gasteiger charge is -2.33. The Labute approximate surface area is 178 Å². The number of aromatic nitrogens is 1. The van der Waals surface area contributed by atoms with Crippen LogP contribution < -0.4 is 0 Å². The summed E-state index contributed by atoms with van der Waals surface area (Å²) >= 11 is 0. The van der Waals surface area contributed by atoms with Crippen LogP contribution in [0.25, 0.3) is 11.5 Å². The quantitative estimate of drug-likeness (QED) is 0.622. The summed E-state index contributed by atoms with van der Waals surface area (Å²) in [5, 5.41) is 0. The van der Waals surface area contributed by atoms with E-state index in [-0.39, 0.29) is 0 Å². The molecular weight excluding hydrogens is 398 g/mol. The van der Waals surface area contributed by atoms with Crippen LogP contribution in [0.5, 0.6) is 0 Å². The van der Waals surface area contributed by atoms with Gasteiger partial charge in [0, 0.05) is 38.3 Å². The van der Waals surface area contributed by atoms with Gasteiger partial charge in [0.1, 0.15) is 5.76 Å². The van der Waals surface area contributed by atoms with Crippen LogP contribution in [0.1, 0.15) is 22.6 Å². The Kier molecular flexibility index (Phi) is 5.77. The van der Waals surface area contributed by atoms with Gasteiger partial charge in [0.25, 0.3) is 0 Å². The van der Waals surface area contributed by atoms with Gasteiger partial charge in [0.05, 0.1) is 10.6 Å². The van der Waals surface area contributed by atoms with Crippen molar-refractivity contribution >= 4 is 10.0 Å². The molecule has 1 saturated heterocycles. The second-order valence-electron chi connectivity index (χ2n) is 7.88. The number of oxazole rings is 1. The van der Waals surface area contributed by atoms with Gasteiger partial charge in [-0.05, 0) is 45.0 Å². The number of aryl methyl sites for hydroxylation is 3. The van der Waals surface area contributed by atoms with Crippen molar-refractivity contribution in [3.8, 4) is 11.5 Å². The van der Waals surface area contributed by atoms with Crippen molar-refractivity contribution in [3.05, 3.63) is 71.1 Å². The zero-order valence-corrected chi connectivity index (χ0v) is 18.4. The molecule has 3 aromatic rings. The third kappa shape index (κ3) is 4.33. The summed E-state index contributed by atoms with van der Waals surface area (Å²) in [5.74, 6) is 1.43. The van der Waals surface area contributed by atoms with Crippen LogP contribution >= 0.6 is 0 Å². The molecule has 1 aliphatic heterocycles. The minimum atomic E-state index is -3.45. The fourth-order valence-electron chi connectivity index (χ4n) is 3.59. The summed E-state index contributed by atoms with van der Waals surface area (Å²) in [6.07, 6.45) is 0. The van der Waals surface area contributed by atoms with E-state index in [0.29, 0.717) is 43.5 Å². The van der Waals surface area contributed by atoms with Crippen LogP contribution in [0, 0.1) is 20.8 Å². The first kappa shape index (κ1) is 20.8. The lowest BCUT2D eigenvalue weighted by molar-refractivity contribution is 0.179. The van der Waals surface area contributed by atoms with Gasteiger partial charge in [0.15, 0.2) is 0 Å². The van der Waals surface area contributed by atoms with Crippen LogP contribution in [0.3, 0.4) is 0 Å². The number of rotatable bonds is 5. The molecule has 0 saturated carbocycles. The molecular formula is C23H27N3O3S. The summed E-state index contributed by atoms with van der Waals surface area (Å²) in [6.45, 7) is 8.85. The SMILES string of the molecule is Cc1ccc(-c2nc(CN3CCN(S(=O)(=O)c4ccc(C)cc4)CC3)c(C)o2)cc1. The van der Waals surface area contributed by atoms with Crippen molar-refractivity contribution in [2.45, 2.75) is 32.2 Å². The minimum Gasteiger partial charge on any atom is -0.441 e. The Hall–Kier alpha value is -2.48. The average Bonchev–Trinajstić information content (AvgIpc) is 3.09. The summed E-state index contributed by atoms with van der Waals surface area (Å²) in [6, 6.07) is 15.2. The predicted molar refractivity (Wildman–Crippen MR) is 117 cm³/mol. The molecule has 0 amide bonds. The summed E-state index contributed by atoms with van der Waals surface area (Å²) in [7, 11) is -3.45. The Balaban J connectivity index is 1.40. The summed E-state index contributed by atoms with van der Waals surface area (Å²) < 4.78 is 33.2. The molecule has 1 fully saturated rings. The van der Waals surface area contributed by atoms with E-state index in [1.165, 1.54) is 5.56 Å². The maximum absolute atomic E-state index is 12.9. The summed E-state index contributed by atoms with van der Waals surface area (Å²) in [5.41, 5.74) is 4.11. The predicted octanol–water partition coefficient (Wildman–Crippen LogP) is 3.77. The molecule has 0 bridgehead atoms. The van der Waals surface area contributed by atoms with Crippen molar-refractivity contribution in [3.63, 3.8) is 0 Å². The molecule has 0 spiro atoms. The first-order valence-corrected chi connectivity index (χ1v) is 11.6. The van der Waals surface area contributed by atoms with Gasteiger partial charge in [-0.1, -0.05) is 35.4 Å². The molecule has 30 heavy (non-hydrogen) atoms. The van der Waals surface area contributed by atoms with Crippen LogP contribution in [0.4, 0.5) is 0 Å². The molecule has 1 aromatic heterocycles. The minimum absolute atomic E-state index is 0.358. The zero-order valence-electron chi connectivity index (χ0n) is 17.6. The Bertz CT molecular complexity index is 1110. The van der Waals surface area contributed by atoms with E-state index in [9.17, 15) is 8.42 Å². The molecule has 158 valence electrons. The van der Waals surface area contributed by atoms with Gasteiger partial charge >= 0.3 is 0 Å².